The zero-order chi connectivity index (χ0) is 14.2. The molecule has 0 amide bonds. The van der Waals surface area contributed by atoms with Gasteiger partial charge in [-0.2, -0.15) is 13.2 Å². The lowest BCUT2D eigenvalue weighted by Crippen LogP contribution is -2.40. The number of nitrogens with zero attached hydrogens (tertiary/aromatic N) is 1. The molecule has 1 aliphatic rings. The highest BCUT2D eigenvalue weighted by atomic mass is 19.4. The maximum atomic E-state index is 12.7. The number of benzene rings is 1. The van der Waals surface area contributed by atoms with Crippen LogP contribution in [0.2, 0.25) is 0 Å². The van der Waals surface area contributed by atoms with Crippen molar-refractivity contribution < 1.29 is 27.6 Å². The van der Waals surface area contributed by atoms with Crippen LogP contribution in [-0.4, -0.2) is 24.3 Å². The van der Waals surface area contributed by atoms with Gasteiger partial charge in [0.25, 0.3) is 11.8 Å². The third kappa shape index (κ3) is 2.47. The van der Waals surface area contributed by atoms with E-state index in [9.17, 15) is 23.3 Å². The van der Waals surface area contributed by atoms with Gasteiger partial charge in [-0.25, -0.2) is 0 Å². The SMILES string of the molecule is COc1ccc2c(c1)C=C([N+](=O)[O-])C(C(F)(F)F)O2. The number of methoxy groups -OCH3 is 1. The van der Waals surface area contributed by atoms with E-state index in [4.69, 9.17) is 4.74 Å². The summed E-state index contributed by atoms with van der Waals surface area (Å²) in [6.07, 6.45) is -6.57. The molecule has 0 N–H and O–H groups in total. The average Bonchev–Trinajstić information content (AvgIpc) is 2.35. The van der Waals surface area contributed by atoms with Crippen molar-refractivity contribution in [2.24, 2.45) is 0 Å². The smallest absolute Gasteiger partial charge is 0.436 e. The molecule has 0 bridgehead atoms. The third-order valence-electron chi connectivity index (χ3n) is 2.54. The largest absolute Gasteiger partial charge is 0.497 e. The number of rotatable bonds is 2. The molecule has 0 fully saturated rings. The molecule has 0 aliphatic carbocycles. The number of hydrogen-bond acceptors (Lipinski definition) is 4. The van der Waals surface area contributed by atoms with Crippen LogP contribution in [-0.2, 0) is 0 Å². The van der Waals surface area contributed by atoms with Crippen LogP contribution in [0.1, 0.15) is 5.56 Å². The normalized spacial score (nSPS) is 18.1. The zero-order valence-electron chi connectivity index (χ0n) is 9.60. The highest BCUT2D eigenvalue weighted by molar-refractivity contribution is 5.63. The van der Waals surface area contributed by atoms with Crippen molar-refractivity contribution in [3.05, 3.63) is 39.6 Å². The fraction of sp³-hybridized carbons (Fsp3) is 0.273. The van der Waals surface area contributed by atoms with Gasteiger partial charge in [0.2, 0.25) is 0 Å². The van der Waals surface area contributed by atoms with E-state index in [-0.39, 0.29) is 11.3 Å². The number of nitro groups is 1. The Morgan fingerprint density at radius 2 is 2.11 bits per heavy atom. The summed E-state index contributed by atoms with van der Waals surface area (Å²) in [7, 11) is 1.38. The maximum absolute atomic E-state index is 12.7. The topological polar surface area (TPSA) is 61.6 Å². The minimum atomic E-state index is -4.85. The number of hydrogen-bond donors (Lipinski definition) is 0. The van der Waals surface area contributed by atoms with Gasteiger partial charge in [0.05, 0.1) is 12.0 Å². The summed E-state index contributed by atoms with van der Waals surface area (Å²) in [5, 5.41) is 10.7. The van der Waals surface area contributed by atoms with Gasteiger partial charge in [-0.3, -0.25) is 10.1 Å². The standard InChI is InChI=1S/C11H8F3NO4/c1-18-7-2-3-9-6(4-7)5-8(15(16)17)10(19-9)11(12,13)14/h2-5,10H,1H3. The lowest BCUT2D eigenvalue weighted by Gasteiger charge is -2.24. The molecule has 1 aromatic rings. The minimum Gasteiger partial charge on any atom is -0.497 e. The highest BCUT2D eigenvalue weighted by Crippen LogP contribution is 2.38. The van der Waals surface area contributed by atoms with E-state index >= 15 is 0 Å². The maximum Gasteiger partial charge on any atom is 0.436 e. The summed E-state index contributed by atoms with van der Waals surface area (Å²) in [6, 6.07) is 4.06. The minimum absolute atomic E-state index is 0.0753. The Morgan fingerprint density at radius 1 is 1.42 bits per heavy atom. The lowest BCUT2D eigenvalue weighted by molar-refractivity contribution is -0.443. The second kappa shape index (κ2) is 4.45. The zero-order valence-corrected chi connectivity index (χ0v) is 9.60. The molecule has 1 aliphatic heterocycles. The van der Waals surface area contributed by atoms with Crippen molar-refractivity contribution in [1.29, 1.82) is 0 Å². The molecule has 19 heavy (non-hydrogen) atoms. The molecule has 0 aromatic heterocycles. The fourth-order valence-corrected chi connectivity index (χ4v) is 1.68. The Balaban J connectivity index is 2.51. The summed E-state index contributed by atoms with van der Waals surface area (Å²) in [5.74, 6) is 0.292. The molecule has 1 aromatic carbocycles. The van der Waals surface area contributed by atoms with Crippen LogP contribution < -0.4 is 9.47 Å². The molecule has 1 heterocycles. The number of fused-ring (bicyclic) bond motifs is 1. The summed E-state index contributed by atoms with van der Waals surface area (Å²) in [5.41, 5.74) is -0.875. The van der Waals surface area contributed by atoms with Crippen LogP contribution in [0, 0.1) is 10.1 Å². The van der Waals surface area contributed by atoms with Crippen LogP contribution in [0.25, 0.3) is 6.08 Å². The van der Waals surface area contributed by atoms with E-state index in [1.165, 1.54) is 25.3 Å². The van der Waals surface area contributed by atoms with E-state index in [0.29, 0.717) is 5.75 Å². The van der Waals surface area contributed by atoms with Gasteiger partial charge in [0.1, 0.15) is 11.5 Å². The molecular weight excluding hydrogens is 267 g/mol. The van der Waals surface area contributed by atoms with Gasteiger partial charge in [0, 0.05) is 11.6 Å². The predicted molar refractivity (Wildman–Crippen MR) is 58.4 cm³/mol. The van der Waals surface area contributed by atoms with Gasteiger partial charge in [0.15, 0.2) is 0 Å². The molecule has 0 saturated heterocycles. The molecule has 5 nitrogen and oxygen atoms in total. The van der Waals surface area contributed by atoms with Crippen molar-refractivity contribution in [3.63, 3.8) is 0 Å². The average molecular weight is 275 g/mol. The van der Waals surface area contributed by atoms with E-state index < -0.39 is 22.9 Å². The molecule has 1 atom stereocenters. The summed E-state index contributed by atoms with van der Waals surface area (Å²) >= 11 is 0. The molecule has 0 radical (unpaired) electrons. The van der Waals surface area contributed by atoms with Crippen LogP contribution in [0.5, 0.6) is 11.5 Å². The highest BCUT2D eigenvalue weighted by Gasteiger charge is 2.51. The van der Waals surface area contributed by atoms with Crippen LogP contribution >= 0.6 is 0 Å². The molecule has 102 valence electrons. The Labute approximate surface area is 105 Å². The first-order valence-corrected chi connectivity index (χ1v) is 5.10. The predicted octanol–water partition coefficient (Wildman–Crippen LogP) is 2.64. The molecular formula is C11H8F3NO4. The van der Waals surface area contributed by atoms with Crippen molar-refractivity contribution in [2.45, 2.75) is 12.3 Å². The van der Waals surface area contributed by atoms with Gasteiger partial charge < -0.3 is 9.47 Å². The van der Waals surface area contributed by atoms with Gasteiger partial charge in [-0.15, -0.1) is 0 Å². The second-order valence-corrected chi connectivity index (χ2v) is 3.77. The van der Waals surface area contributed by atoms with E-state index in [1.807, 2.05) is 0 Å². The Morgan fingerprint density at radius 3 is 2.63 bits per heavy atom. The van der Waals surface area contributed by atoms with Crippen molar-refractivity contribution in [1.82, 2.24) is 0 Å². The lowest BCUT2D eigenvalue weighted by atomic mass is 10.1. The number of alkyl halides is 3. The van der Waals surface area contributed by atoms with Gasteiger partial charge in [-0.1, -0.05) is 0 Å². The quantitative estimate of drug-likeness (QED) is 0.615. The van der Waals surface area contributed by atoms with E-state index in [0.717, 1.165) is 6.08 Å². The first-order chi connectivity index (χ1) is 8.82. The van der Waals surface area contributed by atoms with Crippen LogP contribution in [0.15, 0.2) is 23.9 Å². The Hall–Kier alpha value is -2.25. The van der Waals surface area contributed by atoms with E-state index in [1.54, 1.807) is 0 Å². The second-order valence-electron chi connectivity index (χ2n) is 3.77. The van der Waals surface area contributed by atoms with Gasteiger partial charge in [-0.05, 0) is 18.2 Å². The fourth-order valence-electron chi connectivity index (χ4n) is 1.68. The van der Waals surface area contributed by atoms with Crippen LogP contribution in [0.4, 0.5) is 13.2 Å². The summed E-state index contributed by atoms with van der Waals surface area (Å²) in [6.45, 7) is 0. The first-order valence-electron chi connectivity index (χ1n) is 5.10. The molecule has 1 unspecified atom stereocenters. The van der Waals surface area contributed by atoms with Gasteiger partial charge >= 0.3 is 6.18 Å². The third-order valence-corrected chi connectivity index (χ3v) is 2.54. The molecule has 0 saturated carbocycles. The summed E-state index contributed by atoms with van der Waals surface area (Å²) in [4.78, 5) is 9.61. The Bertz CT molecular complexity index is 553. The van der Waals surface area contributed by atoms with Crippen molar-refractivity contribution >= 4 is 6.08 Å². The summed E-state index contributed by atoms with van der Waals surface area (Å²) < 4.78 is 47.7. The first kappa shape index (κ1) is 13.2. The molecule has 2 rings (SSSR count). The van der Waals surface area contributed by atoms with E-state index in [2.05, 4.69) is 4.74 Å². The number of halogens is 3. The van der Waals surface area contributed by atoms with Crippen molar-refractivity contribution in [3.8, 4) is 11.5 Å². The Kier molecular flexibility index (Phi) is 3.09. The monoisotopic (exact) mass is 275 g/mol. The van der Waals surface area contributed by atoms with Crippen molar-refractivity contribution in [2.75, 3.05) is 7.11 Å². The van der Waals surface area contributed by atoms with Crippen LogP contribution in [0.3, 0.4) is 0 Å². The molecule has 8 heteroatoms. The molecule has 0 spiro atoms. The number of ether oxygens (including phenoxy) is 2.